The number of rotatable bonds is 2. The second-order valence-electron chi connectivity index (χ2n) is 5.79. The number of carbonyl (C=O) groups excluding carboxylic acids is 1. The molecule has 0 spiro atoms. The first-order valence-electron chi connectivity index (χ1n) is 7.57. The van der Waals surface area contributed by atoms with E-state index >= 15 is 0 Å². The predicted octanol–water partition coefficient (Wildman–Crippen LogP) is 2.96. The predicted molar refractivity (Wildman–Crippen MR) is 99.5 cm³/mol. The average molecular weight is 613 g/mol. The van der Waals surface area contributed by atoms with E-state index in [1.165, 1.54) is 16.7 Å². The van der Waals surface area contributed by atoms with Crippen molar-refractivity contribution in [1.29, 1.82) is 0 Å². The first-order chi connectivity index (χ1) is 11.4. The molecule has 2 unspecified atom stereocenters. The Morgan fingerprint density at radius 3 is 2.10 bits per heavy atom. The van der Waals surface area contributed by atoms with Crippen molar-refractivity contribution in [3.8, 4) is 0 Å². The molecule has 0 bridgehead atoms. The van der Waals surface area contributed by atoms with Crippen LogP contribution in [-0.2, 0) is 102 Å². The molecule has 1 aliphatic carbocycles. The normalized spacial score (nSPS) is 25.1. The largest absolute Gasteiger partial charge is 0.492 e. The number of hydrogen-bond acceptors (Lipinski definition) is 5. The zero-order valence-electron chi connectivity index (χ0n) is 16.2. The minimum atomic E-state index is -0.116. The third-order valence-corrected chi connectivity index (χ3v) is 5.67. The van der Waals surface area contributed by atoms with E-state index in [-0.39, 0.29) is 111 Å². The average Bonchev–Trinajstić information content (AvgIpc) is 2.97. The number of likely N-dealkylation sites (N-methyl/N-ethyl adjacent to an activating group) is 2. The van der Waals surface area contributed by atoms with Crippen molar-refractivity contribution in [2.45, 2.75) is 26.0 Å². The molecular formula is C18H18N2O2S2V5-2. The van der Waals surface area contributed by atoms with Crippen molar-refractivity contribution in [2.75, 3.05) is 14.1 Å². The van der Waals surface area contributed by atoms with Gasteiger partial charge >= 0.3 is 0 Å². The van der Waals surface area contributed by atoms with Gasteiger partial charge in [0, 0.05) is 113 Å². The van der Waals surface area contributed by atoms with E-state index in [1.54, 1.807) is 13.1 Å². The van der Waals surface area contributed by atoms with Gasteiger partial charge in [-0.05, 0) is 18.2 Å². The Morgan fingerprint density at radius 1 is 1.00 bits per heavy atom. The van der Waals surface area contributed by atoms with Crippen LogP contribution in [0.5, 0.6) is 0 Å². The molecule has 151 valence electrons. The molecule has 11 heteroatoms. The van der Waals surface area contributed by atoms with Crippen molar-refractivity contribution in [3.63, 3.8) is 0 Å². The Morgan fingerprint density at radius 2 is 1.55 bits per heavy atom. The van der Waals surface area contributed by atoms with Gasteiger partial charge in [-0.15, -0.1) is 13.8 Å². The monoisotopic (exact) mass is 613 g/mol. The zero-order valence-corrected chi connectivity index (χ0v) is 24.8. The van der Waals surface area contributed by atoms with Crippen LogP contribution in [0.4, 0.5) is 0 Å². The Bertz CT molecular complexity index is 765. The maximum Gasteiger partial charge on any atom is 0.265 e. The van der Waals surface area contributed by atoms with Crippen LogP contribution in [-0.4, -0.2) is 46.3 Å². The number of amides is 1. The fourth-order valence-electron chi connectivity index (χ4n) is 2.55. The first kappa shape index (κ1) is 34.7. The molecule has 2 heterocycles. The van der Waals surface area contributed by atoms with Crippen molar-refractivity contribution in [1.82, 2.24) is 9.80 Å². The molecule has 0 aromatic rings. The molecule has 2 atom stereocenters. The summed E-state index contributed by atoms with van der Waals surface area (Å²) in [7, 11) is 3.67. The van der Waals surface area contributed by atoms with Gasteiger partial charge in [-0.3, -0.25) is 9.69 Å². The summed E-state index contributed by atoms with van der Waals surface area (Å²) >= 11 is 6.41. The van der Waals surface area contributed by atoms with Crippen LogP contribution >= 0.6 is 24.0 Å². The minimum absolute atomic E-state index is 0. The van der Waals surface area contributed by atoms with E-state index in [9.17, 15) is 4.79 Å². The quantitative estimate of drug-likeness (QED) is 0.272. The molecular weight excluding hydrogens is 595 g/mol. The fourth-order valence-corrected chi connectivity index (χ4v) is 3.68. The number of fused-ring (bicyclic) bond motifs is 1. The molecule has 5 radical (unpaired) electrons. The number of thiocarbonyl (C=S) groups is 1. The maximum atomic E-state index is 11.9. The Kier molecular flexibility index (Phi) is 18.0. The molecule has 0 saturated carbocycles. The van der Waals surface area contributed by atoms with Gasteiger partial charge in [0.1, 0.15) is 4.32 Å². The summed E-state index contributed by atoms with van der Waals surface area (Å²) < 4.78 is 6.51. The Balaban J connectivity index is -0.00000135. The smallest absolute Gasteiger partial charge is 0.265 e. The van der Waals surface area contributed by atoms with E-state index in [1.807, 2.05) is 44.0 Å². The molecule has 29 heavy (non-hydrogen) atoms. The van der Waals surface area contributed by atoms with Crippen LogP contribution in [0, 0.1) is 12.2 Å². The summed E-state index contributed by atoms with van der Waals surface area (Å²) in [6.07, 6.45) is 14.0. The van der Waals surface area contributed by atoms with Crippen LogP contribution in [0.3, 0.4) is 0 Å². The van der Waals surface area contributed by atoms with E-state index in [0.717, 1.165) is 17.0 Å². The minimum Gasteiger partial charge on any atom is -0.492 e. The van der Waals surface area contributed by atoms with Crippen molar-refractivity contribution in [3.05, 3.63) is 58.4 Å². The SMILES string of the molecule is CC1=[C-]C2OC(=CC=C/C=C3/SC(=S)N(C)C3=O)N(C)C2[C-]=C1C.[V].[V].[V].[V].[V]. The van der Waals surface area contributed by atoms with Gasteiger partial charge in [0.25, 0.3) is 5.91 Å². The summed E-state index contributed by atoms with van der Waals surface area (Å²) in [5, 5.41) is 0. The van der Waals surface area contributed by atoms with Crippen LogP contribution < -0.4 is 0 Å². The number of thioether (sulfide) groups is 1. The van der Waals surface area contributed by atoms with Gasteiger partial charge in [-0.1, -0.05) is 36.1 Å². The Hall–Kier alpha value is 1.13. The second-order valence-corrected chi connectivity index (χ2v) is 7.46. The zero-order chi connectivity index (χ0) is 17.4. The standard InChI is InChI=1S/C18H18N2O2S2.5V/c1-11-9-13-14(10-12(11)2)22-16(19(13)3)8-6-5-7-15-17(21)20(4)18(23)24-15;;;;;/h5-8,13-14H,1-4H3;;;;;/q-2;;;;;/b6-5?,15-7+,16-8?;;;;;. The fraction of sp³-hybridized carbons (Fsp3) is 0.333. The number of hydrogen-bond donors (Lipinski definition) is 0. The van der Waals surface area contributed by atoms with Crippen molar-refractivity contribution >= 4 is 34.2 Å². The number of allylic oxidation sites excluding steroid dienone is 6. The summed E-state index contributed by atoms with van der Waals surface area (Å²) in [5.74, 6) is 0.702. The van der Waals surface area contributed by atoms with Gasteiger partial charge < -0.3 is 32.9 Å². The summed E-state index contributed by atoms with van der Waals surface area (Å²) in [5.41, 5.74) is 2.20. The molecule has 0 aromatic heterocycles. The molecule has 2 fully saturated rings. The maximum absolute atomic E-state index is 11.9. The van der Waals surface area contributed by atoms with Gasteiger partial charge in [0.05, 0.1) is 4.91 Å². The van der Waals surface area contributed by atoms with Crippen molar-refractivity contribution in [2.24, 2.45) is 0 Å². The summed E-state index contributed by atoms with van der Waals surface area (Å²) in [6, 6.07) is 0.0599. The first-order valence-corrected chi connectivity index (χ1v) is 8.79. The molecule has 3 aliphatic rings. The topological polar surface area (TPSA) is 32.8 Å². The van der Waals surface area contributed by atoms with Gasteiger partial charge in [0.2, 0.25) is 0 Å². The van der Waals surface area contributed by atoms with E-state index in [4.69, 9.17) is 17.0 Å². The van der Waals surface area contributed by atoms with E-state index < -0.39 is 0 Å². The van der Waals surface area contributed by atoms with Gasteiger partial charge in [0.15, 0.2) is 5.88 Å². The second kappa shape index (κ2) is 15.1. The third kappa shape index (κ3) is 7.89. The molecule has 2 saturated heterocycles. The number of nitrogens with zero attached hydrogens (tertiary/aromatic N) is 2. The molecule has 0 aromatic carbocycles. The van der Waals surface area contributed by atoms with Gasteiger partial charge in [-0.2, -0.15) is 0 Å². The van der Waals surface area contributed by atoms with Crippen LogP contribution in [0.2, 0.25) is 0 Å². The summed E-state index contributed by atoms with van der Waals surface area (Å²) in [4.78, 5) is 16.0. The van der Waals surface area contributed by atoms with Crippen LogP contribution in [0.25, 0.3) is 0 Å². The summed E-state index contributed by atoms with van der Waals surface area (Å²) in [6.45, 7) is 4.06. The van der Waals surface area contributed by atoms with E-state index in [2.05, 4.69) is 12.2 Å². The molecule has 2 aliphatic heterocycles. The van der Waals surface area contributed by atoms with E-state index in [0.29, 0.717) is 9.23 Å². The van der Waals surface area contributed by atoms with Crippen molar-refractivity contribution < 1.29 is 102 Å². The number of ether oxygens (including phenoxy) is 1. The number of carbonyl (C=O) groups is 1. The third-order valence-electron chi connectivity index (χ3n) is 4.17. The molecule has 0 N–H and O–H groups in total. The van der Waals surface area contributed by atoms with Crippen LogP contribution in [0.15, 0.2) is 46.2 Å². The molecule has 1 amide bonds. The molecule has 4 nitrogen and oxygen atoms in total. The molecule has 3 rings (SSSR count). The van der Waals surface area contributed by atoms with Crippen LogP contribution in [0.1, 0.15) is 13.8 Å². The van der Waals surface area contributed by atoms with Gasteiger partial charge in [-0.25, -0.2) is 0 Å². The Labute approximate surface area is 242 Å².